The number of carbonyl (C=O) groups excluding carboxylic acids is 2. The van der Waals surface area contributed by atoms with Crippen LogP contribution in [0.4, 0.5) is 20.8 Å². The summed E-state index contributed by atoms with van der Waals surface area (Å²) in [5, 5.41) is 4.63. The smallest absolute Gasteiger partial charge is 0.421 e. The molecule has 0 saturated carbocycles. The van der Waals surface area contributed by atoms with Gasteiger partial charge < -0.3 is 9.16 Å². The Balaban J connectivity index is 1.56. The fourth-order valence-electron chi connectivity index (χ4n) is 4.94. The third kappa shape index (κ3) is 7.06. The molecule has 0 saturated heterocycles. The fraction of sp³-hybridized carbons (Fsp3) is 0.343. The van der Waals surface area contributed by atoms with E-state index in [-0.39, 0.29) is 21.5 Å². The number of ether oxygens (including phenoxy) is 1. The van der Waals surface area contributed by atoms with Crippen LogP contribution in [-0.2, 0) is 16.2 Å². The zero-order valence-corrected chi connectivity index (χ0v) is 30.3. The molecule has 5 aromatic rings. The molecular weight excluding hydrogens is 651 g/mol. The predicted octanol–water partition coefficient (Wildman–Crippen LogP) is 9.10. The van der Waals surface area contributed by atoms with Crippen LogP contribution in [0.2, 0.25) is 23.3 Å². The van der Waals surface area contributed by atoms with Crippen LogP contribution >= 0.6 is 11.6 Å². The summed E-state index contributed by atoms with van der Waals surface area (Å²) in [6.07, 6.45) is 4.44. The van der Waals surface area contributed by atoms with Crippen molar-refractivity contribution in [2.75, 3.05) is 4.90 Å². The second kappa shape index (κ2) is 12.9. The maximum Gasteiger partial charge on any atom is 0.421 e. The molecule has 1 atom stereocenters. The Kier molecular flexibility index (Phi) is 9.39. The molecule has 0 fully saturated rings. The Morgan fingerprint density at radius 1 is 0.958 bits per heavy atom. The van der Waals surface area contributed by atoms with Gasteiger partial charge in [0, 0.05) is 42.7 Å². The molecule has 48 heavy (non-hydrogen) atoms. The molecule has 0 aliphatic heterocycles. The lowest BCUT2D eigenvalue weighted by Gasteiger charge is -2.39. The molecule has 0 radical (unpaired) electrons. The Labute approximate surface area is 285 Å². The van der Waals surface area contributed by atoms with E-state index in [2.05, 4.69) is 35.8 Å². The summed E-state index contributed by atoms with van der Waals surface area (Å²) in [5.41, 5.74) is 0.873. The zero-order chi connectivity index (χ0) is 35.2. The van der Waals surface area contributed by atoms with E-state index < -0.39 is 37.8 Å². The molecule has 1 amide bonds. The van der Waals surface area contributed by atoms with Crippen molar-refractivity contribution in [1.29, 1.82) is 0 Å². The van der Waals surface area contributed by atoms with E-state index in [4.69, 9.17) is 20.8 Å². The van der Waals surface area contributed by atoms with Gasteiger partial charge in [0.15, 0.2) is 14.4 Å². The minimum atomic E-state index is -2.51. The molecule has 1 unspecified atom stereocenters. The second-order valence-corrected chi connectivity index (χ2v) is 19.2. The molecule has 0 spiro atoms. The van der Waals surface area contributed by atoms with Crippen LogP contribution < -0.4 is 4.90 Å². The van der Waals surface area contributed by atoms with Crippen molar-refractivity contribution in [3.8, 4) is 11.1 Å². The lowest BCUT2D eigenvalue weighted by Crippen LogP contribution is -2.44. The summed E-state index contributed by atoms with van der Waals surface area (Å²) >= 11 is 6.48. The Hall–Kier alpha value is -4.39. The van der Waals surface area contributed by atoms with Gasteiger partial charge in [-0.1, -0.05) is 38.4 Å². The number of fused-ring (bicyclic) bond motifs is 1. The normalized spacial score (nSPS) is 13.1. The molecular formula is C35H40ClFN6O4Si. The van der Waals surface area contributed by atoms with Crippen LogP contribution in [0.3, 0.4) is 0 Å². The molecule has 0 aliphatic rings. The number of aromatic nitrogens is 5. The Morgan fingerprint density at radius 2 is 1.69 bits per heavy atom. The van der Waals surface area contributed by atoms with Crippen molar-refractivity contribution in [3.05, 3.63) is 89.9 Å². The highest BCUT2D eigenvalue weighted by molar-refractivity contribution is 6.74. The fourth-order valence-corrected chi connectivity index (χ4v) is 6.33. The summed E-state index contributed by atoms with van der Waals surface area (Å²) in [6, 6.07) is 13.3. The van der Waals surface area contributed by atoms with Gasteiger partial charge in [-0.15, -0.1) is 0 Å². The van der Waals surface area contributed by atoms with Crippen LogP contribution in [0.1, 0.15) is 58.0 Å². The number of anilines is 2. The highest BCUT2D eigenvalue weighted by Crippen LogP contribution is 2.41. The van der Waals surface area contributed by atoms with E-state index >= 15 is 4.39 Å². The first-order valence-electron chi connectivity index (χ1n) is 15.5. The first-order valence-corrected chi connectivity index (χ1v) is 18.8. The van der Waals surface area contributed by atoms with Crippen LogP contribution in [0, 0.1) is 5.82 Å². The number of amides is 1. The number of hydrogen-bond acceptors (Lipinski definition) is 7. The number of aryl methyl sites for hydroxylation is 1. The molecule has 4 aromatic heterocycles. The molecule has 5 rings (SSSR count). The minimum absolute atomic E-state index is 0.104. The predicted molar refractivity (Wildman–Crippen MR) is 188 cm³/mol. The van der Waals surface area contributed by atoms with E-state index in [0.717, 1.165) is 0 Å². The third-order valence-corrected chi connectivity index (χ3v) is 13.1. The molecule has 10 nitrogen and oxygen atoms in total. The van der Waals surface area contributed by atoms with E-state index in [1.54, 1.807) is 82.7 Å². The summed E-state index contributed by atoms with van der Waals surface area (Å²) in [4.78, 5) is 37.6. The van der Waals surface area contributed by atoms with Crippen molar-refractivity contribution < 1.29 is 23.1 Å². The number of nitrogens with zero attached hydrogens (tertiary/aromatic N) is 6. The number of benzene rings is 1. The monoisotopic (exact) mass is 690 g/mol. The molecule has 1 aromatic carbocycles. The summed E-state index contributed by atoms with van der Waals surface area (Å²) in [7, 11) is -0.801. The molecule has 0 bridgehead atoms. The largest absolute Gasteiger partial charge is 0.443 e. The second-order valence-electron chi connectivity index (χ2n) is 14.1. The number of rotatable bonds is 7. The molecule has 252 valence electrons. The number of hydrogen-bond donors (Lipinski definition) is 0. The number of carbonyl (C=O) groups is 2. The number of pyridine rings is 2. The summed E-state index contributed by atoms with van der Waals surface area (Å²) < 4.78 is 31.3. The zero-order valence-electron chi connectivity index (χ0n) is 28.6. The molecule has 4 heterocycles. The third-order valence-electron chi connectivity index (χ3n) is 8.40. The SMILES string of the molecule is Cn1nccc1N(C(=O)OC(C)(C)C)c1cc(-c2cc(F)c3c(ccn3C(=O)C(O[Si](C)(C)C(C)(C)C)c3cccnc3Cl)c2)ccn1. The van der Waals surface area contributed by atoms with Gasteiger partial charge in [-0.25, -0.2) is 24.1 Å². The van der Waals surface area contributed by atoms with Crippen LogP contribution in [-0.4, -0.2) is 50.2 Å². The maximum atomic E-state index is 16.2. The van der Waals surface area contributed by atoms with Crippen molar-refractivity contribution in [2.45, 2.75) is 71.4 Å². The Bertz CT molecular complexity index is 1990. The van der Waals surface area contributed by atoms with Crippen molar-refractivity contribution >= 4 is 54.5 Å². The van der Waals surface area contributed by atoms with Gasteiger partial charge in [-0.2, -0.15) is 5.10 Å². The van der Waals surface area contributed by atoms with Gasteiger partial charge in [-0.3, -0.25) is 14.0 Å². The van der Waals surface area contributed by atoms with Crippen molar-refractivity contribution in [2.24, 2.45) is 7.05 Å². The van der Waals surface area contributed by atoms with Gasteiger partial charge >= 0.3 is 6.09 Å². The lowest BCUT2D eigenvalue weighted by molar-refractivity contribution is 0.0595. The molecule has 0 aliphatic carbocycles. The molecule has 0 N–H and O–H groups in total. The average molecular weight is 691 g/mol. The first-order chi connectivity index (χ1) is 22.4. The van der Waals surface area contributed by atoms with Crippen LogP contribution in [0.5, 0.6) is 0 Å². The topological polar surface area (TPSA) is 104 Å². The lowest BCUT2D eigenvalue weighted by atomic mass is 10.0. The van der Waals surface area contributed by atoms with E-state index in [0.29, 0.717) is 27.9 Å². The van der Waals surface area contributed by atoms with Gasteiger partial charge in [0.1, 0.15) is 28.2 Å². The van der Waals surface area contributed by atoms with Crippen LogP contribution in [0.25, 0.3) is 22.0 Å². The van der Waals surface area contributed by atoms with Gasteiger partial charge in [0.05, 0.1) is 11.7 Å². The van der Waals surface area contributed by atoms with Gasteiger partial charge in [0.25, 0.3) is 5.91 Å². The Morgan fingerprint density at radius 3 is 2.31 bits per heavy atom. The standard InChI is InChI=1S/C35H40ClFN6O4Si/c1-34(2,3)46-33(45)43(28-13-17-40-41(28)7)27-21-22(12-16-38-27)24-19-23-14-18-42(29(23)26(37)20-24)32(44)30(25-11-10-15-39-31(25)36)47-48(8,9)35(4,5)6/h10-21,30H,1-9H3. The summed E-state index contributed by atoms with van der Waals surface area (Å²) in [5.74, 6) is -0.392. The number of halogens is 2. The van der Waals surface area contributed by atoms with E-state index in [1.165, 1.54) is 32.6 Å². The average Bonchev–Trinajstić information content (AvgIpc) is 3.61. The van der Waals surface area contributed by atoms with Crippen molar-refractivity contribution in [1.82, 2.24) is 24.3 Å². The van der Waals surface area contributed by atoms with Crippen LogP contribution in [0.15, 0.2) is 73.3 Å². The summed E-state index contributed by atoms with van der Waals surface area (Å²) in [6.45, 7) is 15.6. The first kappa shape index (κ1) is 34.9. The maximum absolute atomic E-state index is 16.2. The van der Waals surface area contributed by atoms with Gasteiger partial charge in [0.2, 0.25) is 0 Å². The highest BCUT2D eigenvalue weighted by Gasteiger charge is 2.42. The molecule has 13 heteroatoms. The van der Waals surface area contributed by atoms with Crippen molar-refractivity contribution in [3.63, 3.8) is 0 Å². The van der Waals surface area contributed by atoms with Gasteiger partial charge in [-0.05, 0) is 86.4 Å². The minimum Gasteiger partial charge on any atom is -0.443 e. The van der Waals surface area contributed by atoms with E-state index in [9.17, 15) is 9.59 Å². The quantitative estimate of drug-likeness (QED) is 0.124. The van der Waals surface area contributed by atoms with E-state index in [1.807, 2.05) is 13.1 Å². The highest BCUT2D eigenvalue weighted by atomic mass is 35.5.